The quantitative estimate of drug-likeness (QED) is 0.853. The van der Waals surface area contributed by atoms with Crippen molar-refractivity contribution < 1.29 is 9.90 Å². The lowest BCUT2D eigenvalue weighted by Gasteiger charge is -2.07. The van der Waals surface area contributed by atoms with Crippen molar-refractivity contribution in [3.05, 3.63) is 41.3 Å². The summed E-state index contributed by atoms with van der Waals surface area (Å²) in [5.74, 6) is -0.623. The van der Waals surface area contributed by atoms with Crippen LogP contribution in [-0.4, -0.2) is 25.8 Å². The molecule has 0 spiro atoms. The molecule has 0 radical (unpaired) electrons. The van der Waals surface area contributed by atoms with Gasteiger partial charge in [-0.3, -0.25) is 4.68 Å². The molecule has 0 aliphatic carbocycles. The lowest BCUT2D eigenvalue weighted by Crippen LogP contribution is -2.08. The summed E-state index contributed by atoms with van der Waals surface area (Å²) in [6, 6.07) is 3.12. The Bertz CT molecular complexity index is 577. The summed E-state index contributed by atoms with van der Waals surface area (Å²) < 4.78 is 1.77. The average Bonchev–Trinajstić information content (AvgIpc) is 2.68. The van der Waals surface area contributed by atoms with Gasteiger partial charge in [0.25, 0.3) is 0 Å². The maximum atomic E-state index is 11.0. The first-order chi connectivity index (χ1) is 8.59. The summed E-state index contributed by atoms with van der Waals surface area (Å²) in [6.45, 7) is 2.46. The molecule has 2 aromatic rings. The smallest absolute Gasteiger partial charge is 0.339 e. The fourth-order valence-corrected chi connectivity index (χ4v) is 1.62. The molecular weight excluding hydrogens is 232 g/mol. The monoisotopic (exact) mass is 246 g/mol. The Balaban J connectivity index is 2.16. The first-order valence-corrected chi connectivity index (χ1v) is 5.49. The maximum Gasteiger partial charge on any atom is 0.339 e. The van der Waals surface area contributed by atoms with E-state index in [4.69, 9.17) is 5.11 Å². The van der Waals surface area contributed by atoms with Crippen LogP contribution in [0.5, 0.6) is 0 Å². The number of rotatable bonds is 4. The number of aromatic nitrogens is 3. The lowest BCUT2D eigenvalue weighted by molar-refractivity contribution is 0.0697. The highest BCUT2D eigenvalue weighted by molar-refractivity contribution is 5.92. The number of carboxylic acids is 1. The van der Waals surface area contributed by atoms with E-state index in [2.05, 4.69) is 15.4 Å². The highest BCUT2D eigenvalue weighted by Gasteiger charge is 2.11. The van der Waals surface area contributed by atoms with Gasteiger partial charge in [-0.05, 0) is 19.1 Å². The number of nitrogens with zero attached hydrogens (tertiary/aromatic N) is 3. The van der Waals surface area contributed by atoms with Gasteiger partial charge in [-0.1, -0.05) is 0 Å². The standard InChI is InChI=1S/C12H14N4O2/c1-8-9(7-15-16(8)2)6-14-11-10(12(17)18)4-3-5-13-11/h3-5,7H,6H2,1-2H3,(H,13,14)(H,17,18). The number of carboxylic acid groups (broad SMARTS) is 1. The summed E-state index contributed by atoms with van der Waals surface area (Å²) in [6.07, 6.45) is 3.32. The van der Waals surface area contributed by atoms with Crippen LogP contribution in [0, 0.1) is 6.92 Å². The molecule has 2 rings (SSSR count). The van der Waals surface area contributed by atoms with Crippen molar-refractivity contribution in [2.45, 2.75) is 13.5 Å². The number of pyridine rings is 1. The minimum absolute atomic E-state index is 0.166. The molecule has 0 aliphatic heterocycles. The number of aromatic carboxylic acids is 1. The van der Waals surface area contributed by atoms with E-state index in [1.54, 1.807) is 23.1 Å². The van der Waals surface area contributed by atoms with E-state index in [0.29, 0.717) is 12.4 Å². The Morgan fingerprint density at radius 1 is 1.56 bits per heavy atom. The second-order valence-corrected chi connectivity index (χ2v) is 3.94. The molecule has 0 bridgehead atoms. The summed E-state index contributed by atoms with van der Waals surface area (Å²) in [7, 11) is 1.86. The molecule has 18 heavy (non-hydrogen) atoms. The largest absolute Gasteiger partial charge is 0.478 e. The molecule has 2 heterocycles. The SMILES string of the molecule is Cc1c(CNc2ncccc2C(=O)O)cnn1C. The van der Waals surface area contributed by atoms with Crippen molar-refractivity contribution in [1.29, 1.82) is 0 Å². The third kappa shape index (κ3) is 2.32. The topological polar surface area (TPSA) is 80.0 Å². The minimum atomic E-state index is -0.992. The molecule has 0 saturated carbocycles. The van der Waals surface area contributed by atoms with E-state index >= 15 is 0 Å². The first kappa shape index (κ1) is 12.1. The number of hydrogen-bond donors (Lipinski definition) is 2. The Hall–Kier alpha value is -2.37. The van der Waals surface area contributed by atoms with Crippen LogP contribution in [0.1, 0.15) is 21.6 Å². The lowest BCUT2D eigenvalue weighted by atomic mass is 10.2. The fourth-order valence-electron chi connectivity index (χ4n) is 1.62. The Morgan fingerprint density at radius 3 is 2.94 bits per heavy atom. The van der Waals surface area contributed by atoms with E-state index in [-0.39, 0.29) is 5.56 Å². The second-order valence-electron chi connectivity index (χ2n) is 3.94. The summed E-state index contributed by atoms with van der Waals surface area (Å²) in [4.78, 5) is 15.0. The van der Waals surface area contributed by atoms with Gasteiger partial charge < -0.3 is 10.4 Å². The third-order valence-corrected chi connectivity index (χ3v) is 2.82. The van der Waals surface area contributed by atoms with Gasteiger partial charge in [-0.2, -0.15) is 5.10 Å². The number of carbonyl (C=O) groups is 1. The van der Waals surface area contributed by atoms with Crippen LogP contribution in [0.15, 0.2) is 24.5 Å². The van der Waals surface area contributed by atoms with Crippen molar-refractivity contribution in [3.63, 3.8) is 0 Å². The van der Waals surface area contributed by atoms with Gasteiger partial charge in [-0.15, -0.1) is 0 Å². The normalized spacial score (nSPS) is 10.3. The van der Waals surface area contributed by atoms with Crippen LogP contribution >= 0.6 is 0 Å². The van der Waals surface area contributed by atoms with Crippen molar-refractivity contribution in [2.24, 2.45) is 7.05 Å². The highest BCUT2D eigenvalue weighted by Crippen LogP contribution is 2.14. The Morgan fingerprint density at radius 2 is 2.33 bits per heavy atom. The number of hydrogen-bond acceptors (Lipinski definition) is 4. The highest BCUT2D eigenvalue weighted by atomic mass is 16.4. The molecule has 0 atom stereocenters. The molecule has 0 saturated heterocycles. The summed E-state index contributed by atoms with van der Waals surface area (Å²) >= 11 is 0. The van der Waals surface area contributed by atoms with Crippen LogP contribution in [-0.2, 0) is 13.6 Å². The molecular formula is C12H14N4O2. The van der Waals surface area contributed by atoms with Gasteiger partial charge in [0, 0.05) is 31.0 Å². The van der Waals surface area contributed by atoms with Crippen LogP contribution in [0.25, 0.3) is 0 Å². The van der Waals surface area contributed by atoms with Gasteiger partial charge in [0.2, 0.25) is 0 Å². The van der Waals surface area contributed by atoms with Crippen molar-refractivity contribution in [1.82, 2.24) is 14.8 Å². The van der Waals surface area contributed by atoms with Crippen LogP contribution in [0.3, 0.4) is 0 Å². The van der Waals surface area contributed by atoms with Gasteiger partial charge >= 0.3 is 5.97 Å². The predicted molar refractivity (Wildman–Crippen MR) is 66.5 cm³/mol. The number of aryl methyl sites for hydroxylation is 1. The van der Waals surface area contributed by atoms with Gasteiger partial charge in [0.15, 0.2) is 0 Å². The number of nitrogens with one attached hydrogen (secondary N) is 1. The van der Waals surface area contributed by atoms with Crippen molar-refractivity contribution in [3.8, 4) is 0 Å². The molecule has 0 aliphatic rings. The molecule has 0 fully saturated rings. The molecule has 0 aromatic carbocycles. The molecule has 0 amide bonds. The second kappa shape index (κ2) is 4.87. The molecule has 6 heteroatoms. The molecule has 0 unspecified atom stereocenters. The number of anilines is 1. The van der Waals surface area contributed by atoms with Gasteiger partial charge in [-0.25, -0.2) is 9.78 Å². The Labute approximate surface area is 104 Å². The van der Waals surface area contributed by atoms with E-state index in [9.17, 15) is 4.79 Å². The zero-order valence-electron chi connectivity index (χ0n) is 10.2. The molecule has 6 nitrogen and oxygen atoms in total. The van der Waals surface area contributed by atoms with E-state index < -0.39 is 5.97 Å². The van der Waals surface area contributed by atoms with Crippen molar-refractivity contribution >= 4 is 11.8 Å². The maximum absolute atomic E-state index is 11.0. The predicted octanol–water partition coefficient (Wildman–Crippen LogP) is 1.43. The van der Waals surface area contributed by atoms with Crippen LogP contribution < -0.4 is 5.32 Å². The fraction of sp³-hybridized carbons (Fsp3) is 0.250. The van der Waals surface area contributed by atoms with Gasteiger partial charge in [0.1, 0.15) is 11.4 Å². The van der Waals surface area contributed by atoms with Crippen LogP contribution in [0.4, 0.5) is 5.82 Å². The zero-order valence-corrected chi connectivity index (χ0v) is 10.2. The first-order valence-electron chi connectivity index (χ1n) is 5.49. The molecule has 2 aromatic heterocycles. The zero-order chi connectivity index (χ0) is 13.1. The van der Waals surface area contributed by atoms with E-state index in [0.717, 1.165) is 11.3 Å². The minimum Gasteiger partial charge on any atom is -0.478 e. The molecule has 94 valence electrons. The van der Waals surface area contributed by atoms with Crippen LogP contribution in [0.2, 0.25) is 0 Å². The van der Waals surface area contributed by atoms with Gasteiger partial charge in [0.05, 0.1) is 6.20 Å². The van der Waals surface area contributed by atoms with E-state index in [1.807, 2.05) is 14.0 Å². The summed E-state index contributed by atoms with van der Waals surface area (Å²) in [5.41, 5.74) is 2.22. The Kier molecular flexibility index (Phi) is 3.27. The van der Waals surface area contributed by atoms with E-state index in [1.165, 1.54) is 6.07 Å². The average molecular weight is 246 g/mol. The summed E-state index contributed by atoms with van der Waals surface area (Å²) in [5, 5.41) is 16.2. The van der Waals surface area contributed by atoms with Crippen molar-refractivity contribution in [2.75, 3.05) is 5.32 Å². The third-order valence-electron chi connectivity index (χ3n) is 2.82. The molecule has 2 N–H and O–H groups in total.